The van der Waals surface area contributed by atoms with Crippen LogP contribution >= 0.6 is 11.3 Å². The SMILES string of the molecule is CC(C)C(C(=O)Nc1ncc(Cc2ccccc2C#N)s1)c1ccccc1. The molecule has 0 aliphatic rings. The number of hydrogen-bond acceptors (Lipinski definition) is 4. The van der Waals surface area contributed by atoms with Crippen molar-refractivity contribution in [3.05, 3.63) is 82.4 Å². The van der Waals surface area contributed by atoms with E-state index in [9.17, 15) is 10.1 Å². The minimum absolute atomic E-state index is 0.0467. The summed E-state index contributed by atoms with van der Waals surface area (Å²) in [4.78, 5) is 18.2. The highest BCUT2D eigenvalue weighted by Crippen LogP contribution is 2.28. The molecule has 1 unspecified atom stereocenters. The second-order valence-electron chi connectivity index (χ2n) is 6.70. The highest BCUT2D eigenvalue weighted by molar-refractivity contribution is 7.15. The Morgan fingerprint density at radius 3 is 2.56 bits per heavy atom. The Balaban J connectivity index is 1.73. The molecule has 0 spiro atoms. The molecular formula is C22H21N3OS. The molecule has 5 heteroatoms. The molecule has 4 nitrogen and oxygen atoms in total. The molecule has 0 aliphatic heterocycles. The first kappa shape index (κ1) is 18.8. The lowest BCUT2D eigenvalue weighted by Crippen LogP contribution is -2.25. The zero-order valence-corrected chi connectivity index (χ0v) is 16.2. The van der Waals surface area contributed by atoms with Gasteiger partial charge in [-0.05, 0) is 23.1 Å². The Morgan fingerprint density at radius 2 is 1.85 bits per heavy atom. The average molecular weight is 375 g/mol. The van der Waals surface area contributed by atoms with E-state index < -0.39 is 0 Å². The second-order valence-corrected chi connectivity index (χ2v) is 7.81. The van der Waals surface area contributed by atoms with E-state index in [-0.39, 0.29) is 17.7 Å². The van der Waals surface area contributed by atoms with Crippen LogP contribution in [0.3, 0.4) is 0 Å². The number of thiazole rings is 1. The van der Waals surface area contributed by atoms with Gasteiger partial charge in [0.05, 0.1) is 17.6 Å². The van der Waals surface area contributed by atoms with E-state index in [0.29, 0.717) is 17.1 Å². The largest absolute Gasteiger partial charge is 0.301 e. The number of anilines is 1. The minimum Gasteiger partial charge on any atom is -0.301 e. The number of hydrogen-bond donors (Lipinski definition) is 1. The molecule has 1 amide bonds. The molecule has 1 heterocycles. The summed E-state index contributed by atoms with van der Waals surface area (Å²) in [6.07, 6.45) is 2.39. The van der Waals surface area contributed by atoms with Crippen molar-refractivity contribution in [3.63, 3.8) is 0 Å². The summed E-state index contributed by atoms with van der Waals surface area (Å²) in [5.41, 5.74) is 2.64. The Labute approximate surface area is 163 Å². The van der Waals surface area contributed by atoms with Crippen LogP contribution in [0.4, 0.5) is 5.13 Å². The zero-order valence-electron chi connectivity index (χ0n) is 15.3. The third-order valence-corrected chi connectivity index (χ3v) is 5.31. The van der Waals surface area contributed by atoms with Crippen molar-refractivity contribution in [3.8, 4) is 6.07 Å². The molecule has 0 fully saturated rings. The lowest BCUT2D eigenvalue weighted by molar-refractivity contribution is -0.118. The molecule has 1 aromatic heterocycles. The molecule has 1 atom stereocenters. The number of nitrogens with zero attached hydrogens (tertiary/aromatic N) is 2. The van der Waals surface area contributed by atoms with Crippen molar-refractivity contribution < 1.29 is 4.79 Å². The van der Waals surface area contributed by atoms with Gasteiger partial charge in [0.15, 0.2) is 5.13 Å². The maximum absolute atomic E-state index is 12.8. The third kappa shape index (κ3) is 4.60. The van der Waals surface area contributed by atoms with Crippen molar-refractivity contribution >= 4 is 22.4 Å². The van der Waals surface area contributed by atoms with E-state index in [1.165, 1.54) is 11.3 Å². The Morgan fingerprint density at radius 1 is 1.15 bits per heavy atom. The summed E-state index contributed by atoms with van der Waals surface area (Å²) >= 11 is 1.45. The minimum atomic E-state index is -0.224. The molecule has 0 bridgehead atoms. The number of nitrogens with one attached hydrogen (secondary N) is 1. The number of rotatable bonds is 6. The molecule has 27 heavy (non-hydrogen) atoms. The van der Waals surface area contributed by atoms with Crippen LogP contribution in [0, 0.1) is 17.2 Å². The summed E-state index contributed by atoms with van der Waals surface area (Å²) in [5, 5.41) is 12.8. The van der Waals surface area contributed by atoms with Crippen LogP contribution in [-0.2, 0) is 11.2 Å². The first-order chi connectivity index (χ1) is 13.1. The van der Waals surface area contributed by atoms with E-state index in [2.05, 4.69) is 16.4 Å². The number of amides is 1. The molecule has 136 valence electrons. The van der Waals surface area contributed by atoms with Gasteiger partial charge in [-0.15, -0.1) is 11.3 Å². The molecule has 0 aliphatic carbocycles. The number of nitriles is 1. The molecule has 0 radical (unpaired) electrons. The Hall–Kier alpha value is -2.97. The standard InChI is InChI=1S/C22H21N3OS/c1-15(2)20(16-8-4-3-5-9-16)21(26)25-22-24-14-19(27-22)12-17-10-6-7-11-18(17)13-23/h3-11,14-15,20H,12H2,1-2H3,(H,24,25,26). The van der Waals surface area contributed by atoms with Crippen LogP contribution in [0.2, 0.25) is 0 Å². The lowest BCUT2D eigenvalue weighted by atomic mass is 9.88. The predicted molar refractivity (Wildman–Crippen MR) is 109 cm³/mol. The molecule has 2 aromatic carbocycles. The summed E-state index contributed by atoms with van der Waals surface area (Å²) in [6, 6.07) is 19.6. The molecular weight excluding hydrogens is 354 g/mol. The van der Waals surface area contributed by atoms with E-state index in [4.69, 9.17) is 0 Å². The molecule has 0 saturated heterocycles. The first-order valence-electron chi connectivity index (χ1n) is 8.87. The fraction of sp³-hybridized carbons (Fsp3) is 0.227. The summed E-state index contributed by atoms with van der Waals surface area (Å²) in [6.45, 7) is 4.09. The van der Waals surface area contributed by atoms with Crippen molar-refractivity contribution in [2.45, 2.75) is 26.2 Å². The van der Waals surface area contributed by atoms with Gasteiger partial charge in [0.2, 0.25) is 5.91 Å². The van der Waals surface area contributed by atoms with Crippen LogP contribution in [0.25, 0.3) is 0 Å². The highest BCUT2D eigenvalue weighted by atomic mass is 32.1. The van der Waals surface area contributed by atoms with Crippen LogP contribution in [-0.4, -0.2) is 10.9 Å². The smallest absolute Gasteiger partial charge is 0.233 e. The monoisotopic (exact) mass is 375 g/mol. The fourth-order valence-corrected chi connectivity index (χ4v) is 3.94. The Kier molecular flexibility index (Phi) is 6.00. The van der Waals surface area contributed by atoms with Crippen LogP contribution in [0.1, 0.15) is 41.3 Å². The van der Waals surface area contributed by atoms with Gasteiger partial charge in [-0.3, -0.25) is 4.79 Å². The second kappa shape index (κ2) is 8.61. The van der Waals surface area contributed by atoms with Gasteiger partial charge in [-0.1, -0.05) is 62.4 Å². The number of carbonyl (C=O) groups excluding carboxylic acids is 1. The molecule has 1 N–H and O–H groups in total. The normalized spacial score (nSPS) is 11.8. The van der Waals surface area contributed by atoms with Gasteiger partial charge in [0.25, 0.3) is 0 Å². The van der Waals surface area contributed by atoms with Crippen LogP contribution in [0.15, 0.2) is 60.8 Å². The average Bonchev–Trinajstić information content (AvgIpc) is 3.09. The number of benzene rings is 2. The van der Waals surface area contributed by atoms with E-state index in [1.54, 1.807) is 6.20 Å². The third-order valence-electron chi connectivity index (χ3n) is 4.39. The quantitative estimate of drug-likeness (QED) is 0.660. The molecule has 3 aromatic rings. The summed E-state index contributed by atoms with van der Waals surface area (Å²) in [7, 11) is 0. The van der Waals surface area contributed by atoms with Crippen LogP contribution in [0.5, 0.6) is 0 Å². The van der Waals surface area contributed by atoms with Gasteiger partial charge in [-0.2, -0.15) is 5.26 Å². The summed E-state index contributed by atoms with van der Waals surface area (Å²) in [5.74, 6) is -0.0956. The van der Waals surface area contributed by atoms with E-state index in [0.717, 1.165) is 16.0 Å². The van der Waals surface area contributed by atoms with E-state index in [1.807, 2.05) is 68.4 Å². The maximum atomic E-state index is 12.8. The van der Waals surface area contributed by atoms with Gasteiger partial charge in [0.1, 0.15) is 0 Å². The van der Waals surface area contributed by atoms with Crippen molar-refractivity contribution in [2.24, 2.45) is 5.92 Å². The maximum Gasteiger partial charge on any atom is 0.233 e. The van der Waals surface area contributed by atoms with Gasteiger partial charge in [0, 0.05) is 17.5 Å². The molecule has 3 rings (SSSR count). The van der Waals surface area contributed by atoms with Crippen molar-refractivity contribution in [1.29, 1.82) is 5.26 Å². The van der Waals surface area contributed by atoms with Crippen molar-refractivity contribution in [1.82, 2.24) is 4.98 Å². The molecule has 0 saturated carbocycles. The van der Waals surface area contributed by atoms with Crippen molar-refractivity contribution in [2.75, 3.05) is 5.32 Å². The Bertz CT molecular complexity index is 957. The van der Waals surface area contributed by atoms with Crippen LogP contribution < -0.4 is 5.32 Å². The lowest BCUT2D eigenvalue weighted by Gasteiger charge is -2.19. The topological polar surface area (TPSA) is 65.8 Å². The zero-order chi connectivity index (χ0) is 19.2. The number of aromatic nitrogens is 1. The predicted octanol–water partition coefficient (Wildman–Crippen LogP) is 4.98. The first-order valence-corrected chi connectivity index (χ1v) is 9.68. The van der Waals surface area contributed by atoms with Gasteiger partial charge in [-0.25, -0.2) is 4.98 Å². The summed E-state index contributed by atoms with van der Waals surface area (Å²) < 4.78 is 0. The highest BCUT2D eigenvalue weighted by Gasteiger charge is 2.24. The van der Waals surface area contributed by atoms with Gasteiger partial charge >= 0.3 is 0 Å². The fourth-order valence-electron chi connectivity index (χ4n) is 3.10. The van der Waals surface area contributed by atoms with Gasteiger partial charge < -0.3 is 5.32 Å². The van der Waals surface area contributed by atoms with E-state index >= 15 is 0 Å². The number of carbonyl (C=O) groups is 1.